The van der Waals surface area contributed by atoms with Gasteiger partial charge in [-0.3, -0.25) is 4.79 Å². The minimum absolute atomic E-state index is 0.0256. The summed E-state index contributed by atoms with van der Waals surface area (Å²) < 4.78 is 1.79. The Morgan fingerprint density at radius 3 is 2.83 bits per heavy atom. The molecule has 1 aliphatic heterocycles. The van der Waals surface area contributed by atoms with Crippen LogP contribution in [-0.4, -0.2) is 38.4 Å². The van der Waals surface area contributed by atoms with Crippen molar-refractivity contribution in [1.82, 2.24) is 19.5 Å². The van der Waals surface area contributed by atoms with Crippen LogP contribution in [0.5, 0.6) is 0 Å². The molecule has 2 aromatic heterocycles. The molecule has 2 aromatic rings. The number of aromatic nitrogens is 4. The number of hydrogen-bond donors (Lipinski definition) is 0. The van der Waals surface area contributed by atoms with Crippen molar-refractivity contribution in [2.75, 3.05) is 18.0 Å². The van der Waals surface area contributed by atoms with Crippen LogP contribution in [0.3, 0.4) is 0 Å². The topological polar surface area (TPSA) is 63.9 Å². The van der Waals surface area contributed by atoms with E-state index >= 15 is 0 Å². The number of carbonyl (C=O) groups is 1. The fourth-order valence-electron chi connectivity index (χ4n) is 3.04. The van der Waals surface area contributed by atoms with E-state index in [1.54, 1.807) is 17.1 Å². The van der Waals surface area contributed by atoms with E-state index in [1.807, 2.05) is 19.3 Å². The lowest BCUT2D eigenvalue weighted by Crippen LogP contribution is -2.39. The third-order valence-electron chi connectivity index (χ3n) is 4.42. The number of anilines is 1. The zero-order valence-electron chi connectivity index (χ0n) is 13.9. The van der Waals surface area contributed by atoms with Crippen LogP contribution in [0.15, 0.2) is 24.8 Å². The smallest absolute Gasteiger partial charge is 0.203 e. The number of nitrogens with zero attached hydrogens (tertiary/aromatic N) is 5. The second-order valence-corrected chi connectivity index (χ2v) is 6.47. The van der Waals surface area contributed by atoms with Crippen LogP contribution in [-0.2, 0) is 7.05 Å². The molecule has 0 N–H and O–H groups in total. The lowest BCUT2D eigenvalue weighted by atomic mass is 9.93. The highest BCUT2D eigenvalue weighted by molar-refractivity contribution is 5.95. The first-order chi connectivity index (χ1) is 11.1. The Hall–Kier alpha value is -2.24. The van der Waals surface area contributed by atoms with Crippen LogP contribution in [0.4, 0.5) is 5.82 Å². The minimum Gasteiger partial charge on any atom is -0.356 e. The zero-order chi connectivity index (χ0) is 16.4. The Kier molecular flexibility index (Phi) is 4.41. The van der Waals surface area contributed by atoms with Crippen molar-refractivity contribution in [3.05, 3.63) is 36.3 Å². The SMILES string of the molecule is CC(C)c1cc(N2CCC[C@@H](C(=O)c3nccn3C)C2)ncn1. The molecule has 0 unspecified atom stereocenters. The molecule has 0 saturated carbocycles. The highest BCUT2D eigenvalue weighted by Crippen LogP contribution is 2.25. The summed E-state index contributed by atoms with van der Waals surface area (Å²) in [7, 11) is 1.86. The predicted molar refractivity (Wildman–Crippen MR) is 88.6 cm³/mol. The van der Waals surface area contributed by atoms with Gasteiger partial charge < -0.3 is 9.47 Å². The van der Waals surface area contributed by atoms with Crippen molar-refractivity contribution in [2.45, 2.75) is 32.6 Å². The van der Waals surface area contributed by atoms with Gasteiger partial charge in [-0.15, -0.1) is 0 Å². The molecule has 0 aromatic carbocycles. The Morgan fingerprint density at radius 2 is 2.13 bits per heavy atom. The van der Waals surface area contributed by atoms with E-state index in [4.69, 9.17) is 0 Å². The van der Waals surface area contributed by atoms with Crippen LogP contribution in [0.2, 0.25) is 0 Å². The van der Waals surface area contributed by atoms with Gasteiger partial charge in [0.1, 0.15) is 12.1 Å². The van der Waals surface area contributed by atoms with Crippen molar-refractivity contribution in [1.29, 1.82) is 0 Å². The summed E-state index contributed by atoms with van der Waals surface area (Å²) in [4.78, 5) is 27.8. The van der Waals surface area contributed by atoms with E-state index in [1.165, 1.54) is 0 Å². The van der Waals surface area contributed by atoms with Crippen molar-refractivity contribution < 1.29 is 4.79 Å². The van der Waals surface area contributed by atoms with Crippen LogP contribution < -0.4 is 4.90 Å². The Bertz CT molecular complexity index is 694. The van der Waals surface area contributed by atoms with E-state index in [2.05, 4.69) is 33.7 Å². The molecule has 122 valence electrons. The van der Waals surface area contributed by atoms with Gasteiger partial charge in [-0.2, -0.15) is 0 Å². The van der Waals surface area contributed by atoms with Crippen LogP contribution in [0, 0.1) is 5.92 Å². The molecule has 3 heterocycles. The molecule has 1 atom stereocenters. The molecule has 1 saturated heterocycles. The molecule has 0 amide bonds. The largest absolute Gasteiger partial charge is 0.356 e. The van der Waals surface area contributed by atoms with Gasteiger partial charge in [0.05, 0.1) is 0 Å². The van der Waals surface area contributed by atoms with Crippen LogP contribution in [0.1, 0.15) is 48.9 Å². The third-order valence-corrected chi connectivity index (χ3v) is 4.42. The van der Waals surface area contributed by atoms with Crippen LogP contribution in [0.25, 0.3) is 0 Å². The standard InChI is InChI=1S/C17H23N5O/c1-12(2)14-9-15(20-11-19-14)22-7-4-5-13(10-22)16(23)17-18-6-8-21(17)3/h6,8-9,11-13H,4-5,7,10H2,1-3H3/t13-/m1/s1. The fourth-order valence-corrected chi connectivity index (χ4v) is 3.04. The number of carbonyl (C=O) groups excluding carboxylic acids is 1. The van der Waals surface area contributed by atoms with Gasteiger partial charge in [-0.05, 0) is 18.8 Å². The van der Waals surface area contributed by atoms with Crippen LogP contribution >= 0.6 is 0 Å². The Balaban J connectivity index is 1.77. The first-order valence-corrected chi connectivity index (χ1v) is 8.14. The number of ketones is 1. The molecule has 0 spiro atoms. The number of rotatable bonds is 4. The molecular weight excluding hydrogens is 290 g/mol. The summed E-state index contributed by atoms with van der Waals surface area (Å²) in [5.41, 5.74) is 1.03. The Labute approximate surface area is 136 Å². The van der Waals surface area contributed by atoms with Gasteiger partial charge >= 0.3 is 0 Å². The zero-order valence-corrected chi connectivity index (χ0v) is 13.9. The number of aryl methyl sites for hydroxylation is 1. The van der Waals surface area contributed by atoms with E-state index in [0.29, 0.717) is 18.3 Å². The number of piperidine rings is 1. The summed E-state index contributed by atoms with van der Waals surface area (Å²) in [6.07, 6.45) is 7.00. The monoisotopic (exact) mass is 313 g/mol. The molecule has 3 rings (SSSR count). The van der Waals surface area contributed by atoms with E-state index in [-0.39, 0.29) is 11.7 Å². The number of imidazole rings is 1. The highest BCUT2D eigenvalue weighted by atomic mass is 16.1. The van der Waals surface area contributed by atoms with Gasteiger partial charge in [0.15, 0.2) is 5.82 Å². The highest BCUT2D eigenvalue weighted by Gasteiger charge is 2.29. The molecule has 0 aliphatic carbocycles. The molecule has 1 fully saturated rings. The average Bonchev–Trinajstić information content (AvgIpc) is 3.00. The molecule has 23 heavy (non-hydrogen) atoms. The molecule has 6 nitrogen and oxygen atoms in total. The van der Waals surface area contributed by atoms with Crippen molar-refractivity contribution in [3.63, 3.8) is 0 Å². The second kappa shape index (κ2) is 6.48. The van der Waals surface area contributed by atoms with Crippen molar-refractivity contribution in [3.8, 4) is 0 Å². The second-order valence-electron chi connectivity index (χ2n) is 6.47. The maximum Gasteiger partial charge on any atom is 0.203 e. The Morgan fingerprint density at radius 1 is 1.30 bits per heavy atom. The summed E-state index contributed by atoms with van der Waals surface area (Å²) in [5, 5.41) is 0. The molecule has 0 radical (unpaired) electrons. The maximum atomic E-state index is 12.7. The summed E-state index contributed by atoms with van der Waals surface area (Å²) in [5.74, 6) is 1.93. The van der Waals surface area contributed by atoms with Gasteiger partial charge in [0.25, 0.3) is 0 Å². The molecular formula is C17H23N5O. The van der Waals surface area contributed by atoms with Gasteiger partial charge in [0.2, 0.25) is 5.78 Å². The third kappa shape index (κ3) is 3.25. The number of Topliss-reactive ketones (excluding diaryl/α,β-unsaturated/α-hetero) is 1. The first-order valence-electron chi connectivity index (χ1n) is 8.14. The predicted octanol–water partition coefficient (Wildman–Crippen LogP) is 2.43. The molecule has 6 heteroatoms. The summed E-state index contributed by atoms with van der Waals surface area (Å²) >= 11 is 0. The normalized spacial score (nSPS) is 18.4. The van der Waals surface area contributed by atoms with Gasteiger partial charge in [-0.25, -0.2) is 15.0 Å². The lowest BCUT2D eigenvalue weighted by Gasteiger charge is -2.32. The number of hydrogen-bond acceptors (Lipinski definition) is 5. The lowest BCUT2D eigenvalue weighted by molar-refractivity contribution is 0.0893. The minimum atomic E-state index is -0.0256. The summed E-state index contributed by atoms with van der Waals surface area (Å²) in [6, 6.07) is 2.04. The maximum absolute atomic E-state index is 12.7. The van der Waals surface area contributed by atoms with E-state index in [9.17, 15) is 4.79 Å². The molecule has 0 bridgehead atoms. The molecule has 1 aliphatic rings. The summed E-state index contributed by atoms with van der Waals surface area (Å²) in [6.45, 7) is 5.87. The average molecular weight is 313 g/mol. The van der Waals surface area contributed by atoms with E-state index < -0.39 is 0 Å². The quantitative estimate of drug-likeness (QED) is 0.811. The van der Waals surface area contributed by atoms with Gasteiger partial charge in [0, 0.05) is 50.2 Å². The van der Waals surface area contributed by atoms with E-state index in [0.717, 1.165) is 30.9 Å². The van der Waals surface area contributed by atoms with Crippen molar-refractivity contribution >= 4 is 11.6 Å². The first kappa shape index (κ1) is 15.6. The van der Waals surface area contributed by atoms with Crippen molar-refractivity contribution in [2.24, 2.45) is 13.0 Å². The fraction of sp³-hybridized carbons (Fsp3) is 0.529. The van der Waals surface area contributed by atoms with Gasteiger partial charge in [-0.1, -0.05) is 13.8 Å².